The van der Waals surface area contributed by atoms with E-state index in [2.05, 4.69) is 28.1 Å². The number of amides is 3. The summed E-state index contributed by atoms with van der Waals surface area (Å²) in [5, 5.41) is 0. The summed E-state index contributed by atoms with van der Waals surface area (Å²) in [5.74, 6) is 0.456. The molecular weight excluding hydrogens is 480 g/mol. The van der Waals surface area contributed by atoms with Gasteiger partial charge in [-0.3, -0.25) is 24.2 Å². The van der Waals surface area contributed by atoms with E-state index in [1.807, 2.05) is 44.2 Å². The third-order valence-electron chi connectivity index (χ3n) is 8.02. The van der Waals surface area contributed by atoms with Gasteiger partial charge in [0.15, 0.2) is 0 Å². The number of rotatable bonds is 4. The molecular formula is C27H25BrN2O3. The lowest BCUT2D eigenvalue weighted by Crippen LogP contribution is -2.45. The monoisotopic (exact) mass is 504 g/mol. The predicted octanol–water partition coefficient (Wildman–Crippen LogP) is 4.72. The summed E-state index contributed by atoms with van der Waals surface area (Å²) >= 11 is 3.41. The van der Waals surface area contributed by atoms with Gasteiger partial charge < -0.3 is 0 Å². The van der Waals surface area contributed by atoms with Gasteiger partial charge in [-0.05, 0) is 79.8 Å². The highest BCUT2D eigenvalue weighted by molar-refractivity contribution is 9.10. The lowest BCUT2D eigenvalue weighted by Gasteiger charge is -2.37. The zero-order valence-electron chi connectivity index (χ0n) is 18.6. The van der Waals surface area contributed by atoms with Gasteiger partial charge in [-0.25, -0.2) is 0 Å². The molecule has 1 heterocycles. The van der Waals surface area contributed by atoms with Crippen LogP contribution in [0.2, 0.25) is 0 Å². The lowest BCUT2D eigenvalue weighted by molar-refractivity contribution is -0.140. The maximum atomic E-state index is 13.7. The average molecular weight is 505 g/mol. The minimum absolute atomic E-state index is 0.0573. The van der Waals surface area contributed by atoms with Gasteiger partial charge >= 0.3 is 0 Å². The number of allylic oxidation sites excluding steroid dienone is 2. The van der Waals surface area contributed by atoms with Crippen LogP contribution in [0.3, 0.4) is 0 Å². The van der Waals surface area contributed by atoms with Crippen molar-refractivity contribution in [1.29, 1.82) is 0 Å². The molecule has 3 amide bonds. The van der Waals surface area contributed by atoms with E-state index in [-0.39, 0.29) is 48.1 Å². The Kier molecular flexibility index (Phi) is 4.67. The summed E-state index contributed by atoms with van der Waals surface area (Å²) in [6.45, 7) is 3.90. The van der Waals surface area contributed by atoms with Crippen LogP contribution in [0.5, 0.6) is 0 Å². The standard InChI is InChI=1S/C27H25BrN2O3/c1-14-3-10-22(15(2)11-14)29(25(31)16-4-6-17(28)7-5-16)13-30-26(32)23-18-8-9-19(21-12-20(18)21)24(23)27(30)33/h3-11,18-21,23-24H,12-13H2,1-2H3. The van der Waals surface area contributed by atoms with Crippen LogP contribution < -0.4 is 4.90 Å². The Labute approximate surface area is 201 Å². The van der Waals surface area contributed by atoms with Crippen molar-refractivity contribution in [3.63, 3.8) is 0 Å². The average Bonchev–Trinajstić information content (AvgIpc) is 3.58. The van der Waals surface area contributed by atoms with E-state index in [0.717, 1.165) is 22.0 Å². The van der Waals surface area contributed by atoms with Crippen LogP contribution in [-0.2, 0) is 9.59 Å². The smallest absolute Gasteiger partial charge is 0.259 e. The third kappa shape index (κ3) is 3.14. The van der Waals surface area contributed by atoms with Crippen molar-refractivity contribution >= 4 is 39.3 Å². The fourth-order valence-electron chi connectivity index (χ4n) is 6.41. The molecule has 6 atom stereocenters. The molecule has 7 rings (SSSR count). The molecule has 33 heavy (non-hydrogen) atoms. The van der Waals surface area contributed by atoms with Gasteiger partial charge in [0, 0.05) is 15.7 Å². The maximum Gasteiger partial charge on any atom is 0.259 e. The molecule has 0 aromatic heterocycles. The summed E-state index contributed by atoms with van der Waals surface area (Å²) in [5.41, 5.74) is 3.25. The van der Waals surface area contributed by atoms with E-state index in [4.69, 9.17) is 0 Å². The van der Waals surface area contributed by atoms with E-state index in [1.54, 1.807) is 17.0 Å². The summed E-state index contributed by atoms with van der Waals surface area (Å²) in [7, 11) is 0. The van der Waals surface area contributed by atoms with Crippen molar-refractivity contribution in [1.82, 2.24) is 4.90 Å². The van der Waals surface area contributed by atoms with Crippen LogP contribution in [0.4, 0.5) is 5.69 Å². The number of carbonyl (C=O) groups excluding carboxylic acids is 3. The predicted molar refractivity (Wildman–Crippen MR) is 128 cm³/mol. The van der Waals surface area contributed by atoms with Crippen LogP contribution >= 0.6 is 15.9 Å². The molecule has 2 aromatic carbocycles. The van der Waals surface area contributed by atoms with Crippen molar-refractivity contribution in [3.05, 3.63) is 75.8 Å². The molecule has 2 saturated carbocycles. The van der Waals surface area contributed by atoms with Crippen molar-refractivity contribution in [2.24, 2.45) is 35.5 Å². The zero-order chi connectivity index (χ0) is 23.0. The lowest BCUT2D eigenvalue weighted by atomic mass is 9.63. The summed E-state index contributed by atoms with van der Waals surface area (Å²) in [6.07, 6.45) is 5.47. The number of halogens is 1. The Hall–Kier alpha value is -2.73. The molecule has 1 aliphatic heterocycles. The van der Waals surface area contributed by atoms with Gasteiger partial charge in [0.1, 0.15) is 6.67 Å². The molecule has 5 aliphatic rings. The van der Waals surface area contributed by atoms with Crippen LogP contribution in [-0.4, -0.2) is 29.3 Å². The second-order valence-corrected chi connectivity index (χ2v) is 10.8. The molecule has 0 radical (unpaired) electrons. The van der Waals surface area contributed by atoms with Gasteiger partial charge in [-0.1, -0.05) is 45.8 Å². The second kappa shape index (κ2) is 7.39. The summed E-state index contributed by atoms with van der Waals surface area (Å²) < 4.78 is 0.882. The van der Waals surface area contributed by atoms with Crippen LogP contribution in [0.1, 0.15) is 27.9 Å². The Balaban J connectivity index is 1.36. The second-order valence-electron chi connectivity index (χ2n) is 9.93. The quantitative estimate of drug-likeness (QED) is 0.446. The number of aryl methyl sites for hydroxylation is 2. The highest BCUT2D eigenvalue weighted by Crippen LogP contribution is 2.65. The van der Waals surface area contributed by atoms with Crippen molar-refractivity contribution in [3.8, 4) is 0 Å². The first-order valence-corrected chi connectivity index (χ1v) is 12.3. The fourth-order valence-corrected chi connectivity index (χ4v) is 6.67. The van der Waals surface area contributed by atoms with Crippen molar-refractivity contribution in [2.75, 3.05) is 11.6 Å². The number of likely N-dealkylation sites (tertiary alicyclic amines) is 1. The van der Waals surface area contributed by atoms with Gasteiger partial charge in [0.05, 0.1) is 11.8 Å². The van der Waals surface area contributed by atoms with Gasteiger partial charge in [0.25, 0.3) is 5.91 Å². The molecule has 2 bridgehead atoms. The number of benzene rings is 2. The third-order valence-corrected chi connectivity index (χ3v) is 8.55. The number of hydrogen-bond donors (Lipinski definition) is 0. The van der Waals surface area contributed by atoms with Crippen LogP contribution in [0.25, 0.3) is 0 Å². The minimum atomic E-state index is -0.264. The zero-order valence-corrected chi connectivity index (χ0v) is 20.2. The number of nitrogens with zero attached hydrogens (tertiary/aromatic N) is 2. The number of hydrogen-bond acceptors (Lipinski definition) is 3. The van der Waals surface area contributed by atoms with E-state index >= 15 is 0 Å². The molecule has 168 valence electrons. The first-order valence-electron chi connectivity index (χ1n) is 11.5. The van der Waals surface area contributed by atoms with E-state index < -0.39 is 0 Å². The number of imide groups is 1. The Morgan fingerprint density at radius 2 is 1.58 bits per heavy atom. The van der Waals surface area contributed by atoms with E-state index in [1.165, 1.54) is 4.90 Å². The molecule has 0 spiro atoms. The summed E-state index contributed by atoms with van der Waals surface area (Å²) in [4.78, 5) is 43.7. The Morgan fingerprint density at radius 3 is 2.15 bits per heavy atom. The Morgan fingerprint density at radius 1 is 0.970 bits per heavy atom. The van der Waals surface area contributed by atoms with Gasteiger partial charge in [-0.15, -0.1) is 0 Å². The maximum absolute atomic E-state index is 13.7. The molecule has 1 saturated heterocycles. The first-order chi connectivity index (χ1) is 15.8. The molecule has 5 nitrogen and oxygen atoms in total. The highest BCUT2D eigenvalue weighted by Gasteiger charge is 2.67. The largest absolute Gasteiger partial charge is 0.289 e. The van der Waals surface area contributed by atoms with Crippen molar-refractivity contribution < 1.29 is 14.4 Å². The SMILES string of the molecule is Cc1ccc(N(CN2C(=O)C3C4C=CC(C5CC45)C3C2=O)C(=O)c2ccc(Br)cc2)c(C)c1. The molecule has 4 aliphatic carbocycles. The van der Waals surface area contributed by atoms with Crippen LogP contribution in [0.15, 0.2) is 59.1 Å². The Bertz CT molecular complexity index is 1180. The first kappa shape index (κ1) is 20.8. The molecule has 0 N–H and O–H groups in total. The number of anilines is 1. The molecule has 3 fully saturated rings. The van der Waals surface area contributed by atoms with Crippen LogP contribution in [0, 0.1) is 49.4 Å². The highest BCUT2D eigenvalue weighted by atomic mass is 79.9. The van der Waals surface area contributed by atoms with E-state index in [9.17, 15) is 14.4 Å². The number of carbonyl (C=O) groups is 3. The molecule has 6 heteroatoms. The molecule has 6 unspecified atom stereocenters. The fraction of sp³-hybridized carbons (Fsp3) is 0.370. The minimum Gasteiger partial charge on any atom is -0.289 e. The van der Waals surface area contributed by atoms with E-state index in [0.29, 0.717) is 23.1 Å². The van der Waals surface area contributed by atoms with Gasteiger partial charge in [-0.2, -0.15) is 0 Å². The van der Waals surface area contributed by atoms with Gasteiger partial charge in [0.2, 0.25) is 11.8 Å². The van der Waals surface area contributed by atoms with Crippen molar-refractivity contribution in [2.45, 2.75) is 20.3 Å². The topological polar surface area (TPSA) is 57.7 Å². The summed E-state index contributed by atoms with van der Waals surface area (Å²) in [6, 6.07) is 13.0. The normalized spacial score (nSPS) is 30.9. The molecule has 2 aromatic rings.